The van der Waals surface area contributed by atoms with Crippen LogP contribution in [-0.4, -0.2) is 43.2 Å². The zero-order chi connectivity index (χ0) is 18.2. The van der Waals surface area contributed by atoms with Crippen molar-refractivity contribution in [2.75, 3.05) is 20.3 Å². The molecule has 6 nitrogen and oxygen atoms in total. The maximum absolute atomic E-state index is 12.0. The van der Waals surface area contributed by atoms with E-state index >= 15 is 0 Å². The number of methoxy groups -OCH3 is 1. The smallest absolute Gasteiger partial charge is 0.312 e. The van der Waals surface area contributed by atoms with E-state index in [-0.39, 0.29) is 12.3 Å². The van der Waals surface area contributed by atoms with Crippen molar-refractivity contribution in [2.24, 2.45) is 0 Å². The fraction of sp³-hybridized carbons (Fsp3) is 0.353. The van der Waals surface area contributed by atoms with Gasteiger partial charge in [0.05, 0.1) is 18.7 Å². The van der Waals surface area contributed by atoms with Gasteiger partial charge < -0.3 is 14.8 Å². The number of benzene rings is 1. The maximum atomic E-state index is 12.0. The zero-order valence-corrected chi connectivity index (χ0v) is 15.5. The van der Waals surface area contributed by atoms with Crippen LogP contribution in [0.4, 0.5) is 0 Å². The van der Waals surface area contributed by atoms with Gasteiger partial charge in [0, 0.05) is 29.6 Å². The van der Waals surface area contributed by atoms with E-state index in [0.29, 0.717) is 23.9 Å². The lowest BCUT2D eigenvalue weighted by molar-refractivity contribution is -0.154. The largest absolute Gasteiger partial charge is 0.452 e. The van der Waals surface area contributed by atoms with Gasteiger partial charge in [-0.15, -0.1) is 11.3 Å². The van der Waals surface area contributed by atoms with Crippen LogP contribution in [0.15, 0.2) is 29.6 Å². The molecule has 0 unspecified atom stereocenters. The molecule has 0 radical (unpaired) electrons. The van der Waals surface area contributed by atoms with E-state index in [2.05, 4.69) is 10.3 Å². The summed E-state index contributed by atoms with van der Waals surface area (Å²) < 4.78 is 9.97. The molecule has 8 heteroatoms. The van der Waals surface area contributed by atoms with Crippen LogP contribution in [0.2, 0.25) is 5.02 Å². The van der Waals surface area contributed by atoms with Crippen LogP contribution in [0.1, 0.15) is 12.6 Å². The van der Waals surface area contributed by atoms with Crippen molar-refractivity contribution in [1.82, 2.24) is 10.3 Å². The van der Waals surface area contributed by atoms with Gasteiger partial charge in [-0.2, -0.15) is 0 Å². The summed E-state index contributed by atoms with van der Waals surface area (Å²) in [5.74, 6) is -0.861. The van der Waals surface area contributed by atoms with Crippen molar-refractivity contribution >= 4 is 34.8 Å². The van der Waals surface area contributed by atoms with Gasteiger partial charge in [-0.1, -0.05) is 23.7 Å². The van der Waals surface area contributed by atoms with Crippen LogP contribution < -0.4 is 5.32 Å². The third-order valence-electron chi connectivity index (χ3n) is 3.23. The molecule has 2 aromatic rings. The first-order chi connectivity index (χ1) is 12.0. The number of carbonyl (C=O) groups is 2. The summed E-state index contributed by atoms with van der Waals surface area (Å²) in [5, 5.41) is 5.81. The highest BCUT2D eigenvalue weighted by molar-refractivity contribution is 7.13. The number of thiazole rings is 1. The lowest BCUT2D eigenvalue weighted by Crippen LogP contribution is -2.37. The fourth-order valence-corrected chi connectivity index (χ4v) is 3.01. The number of hydrogen-bond donors (Lipinski definition) is 1. The summed E-state index contributed by atoms with van der Waals surface area (Å²) in [5.41, 5.74) is 1.49. The van der Waals surface area contributed by atoms with Gasteiger partial charge >= 0.3 is 5.97 Å². The topological polar surface area (TPSA) is 77.5 Å². The van der Waals surface area contributed by atoms with Crippen LogP contribution in [0.25, 0.3) is 10.6 Å². The third-order valence-corrected chi connectivity index (χ3v) is 4.41. The van der Waals surface area contributed by atoms with E-state index in [1.54, 1.807) is 18.6 Å². The summed E-state index contributed by atoms with van der Waals surface area (Å²) in [6, 6.07) is 7.35. The molecule has 1 aromatic heterocycles. The second-order valence-corrected chi connectivity index (χ2v) is 6.54. The van der Waals surface area contributed by atoms with Gasteiger partial charge in [0.25, 0.3) is 5.91 Å². The molecule has 0 bridgehead atoms. The van der Waals surface area contributed by atoms with Crippen molar-refractivity contribution < 1.29 is 19.1 Å². The van der Waals surface area contributed by atoms with Crippen LogP contribution in [0, 0.1) is 0 Å². The Morgan fingerprint density at radius 2 is 2.20 bits per heavy atom. The molecular weight excluding hydrogens is 364 g/mol. The minimum absolute atomic E-state index is 0.00670. The van der Waals surface area contributed by atoms with Gasteiger partial charge in [-0.25, -0.2) is 4.98 Å². The molecule has 0 fully saturated rings. The van der Waals surface area contributed by atoms with Gasteiger partial charge in [-0.3, -0.25) is 9.59 Å². The number of esters is 1. The van der Waals surface area contributed by atoms with E-state index in [4.69, 9.17) is 21.1 Å². The number of hydrogen-bond acceptors (Lipinski definition) is 6. The molecule has 1 heterocycles. The molecule has 0 aliphatic heterocycles. The van der Waals surface area contributed by atoms with Gasteiger partial charge in [0.2, 0.25) is 0 Å². The third kappa shape index (κ3) is 6.12. The molecule has 0 aliphatic carbocycles. The highest BCUT2D eigenvalue weighted by Crippen LogP contribution is 2.26. The van der Waals surface area contributed by atoms with E-state index in [1.165, 1.54) is 18.3 Å². The molecule has 0 spiro atoms. The molecule has 25 heavy (non-hydrogen) atoms. The minimum atomic E-state index is -0.865. The highest BCUT2D eigenvalue weighted by Gasteiger charge is 2.18. The maximum Gasteiger partial charge on any atom is 0.312 e. The van der Waals surface area contributed by atoms with Crippen LogP contribution in [0.5, 0.6) is 0 Å². The van der Waals surface area contributed by atoms with Crippen molar-refractivity contribution in [1.29, 1.82) is 0 Å². The van der Waals surface area contributed by atoms with E-state index in [1.807, 2.05) is 18.2 Å². The number of halogens is 1. The summed E-state index contributed by atoms with van der Waals surface area (Å²) in [4.78, 5) is 28.1. The molecule has 0 saturated heterocycles. The van der Waals surface area contributed by atoms with Gasteiger partial charge in [0.1, 0.15) is 5.01 Å². The Kier molecular flexibility index (Phi) is 7.36. The Hall–Kier alpha value is -1.96. The standard InChI is InChI=1S/C17H19ClN2O4S/c1-11(16(22)19-6-7-23-2)24-15(21)9-14-10-25-17(20-14)12-4-3-5-13(18)8-12/h3-5,8,10-11H,6-7,9H2,1-2H3,(H,19,22)/t11-/m0/s1. The van der Waals surface area contributed by atoms with Crippen molar-refractivity contribution in [3.05, 3.63) is 40.4 Å². The molecule has 0 aliphatic rings. The average Bonchev–Trinajstić information content (AvgIpc) is 3.03. The molecule has 134 valence electrons. The molecule has 2 rings (SSSR count). The first kappa shape index (κ1) is 19.4. The summed E-state index contributed by atoms with van der Waals surface area (Å²) in [6.07, 6.45) is -0.859. The van der Waals surface area contributed by atoms with Crippen molar-refractivity contribution in [3.63, 3.8) is 0 Å². The second kappa shape index (κ2) is 9.50. The first-order valence-corrected chi connectivity index (χ1v) is 8.92. The predicted molar refractivity (Wildman–Crippen MR) is 96.7 cm³/mol. The number of aromatic nitrogens is 1. The summed E-state index contributed by atoms with van der Waals surface area (Å²) in [6.45, 7) is 2.29. The summed E-state index contributed by atoms with van der Waals surface area (Å²) >= 11 is 7.40. The number of amides is 1. The zero-order valence-electron chi connectivity index (χ0n) is 14.0. The minimum Gasteiger partial charge on any atom is -0.452 e. The quantitative estimate of drug-likeness (QED) is 0.561. The lowest BCUT2D eigenvalue weighted by atomic mass is 10.2. The molecule has 1 aromatic carbocycles. The Morgan fingerprint density at radius 3 is 2.92 bits per heavy atom. The monoisotopic (exact) mass is 382 g/mol. The van der Waals surface area contributed by atoms with E-state index in [0.717, 1.165) is 10.6 Å². The van der Waals surface area contributed by atoms with E-state index < -0.39 is 12.1 Å². The Bertz CT molecular complexity index is 735. The predicted octanol–water partition coefficient (Wildman–Crippen LogP) is 2.70. The molecule has 1 N–H and O–H groups in total. The van der Waals surface area contributed by atoms with Crippen LogP contribution >= 0.6 is 22.9 Å². The molecule has 1 amide bonds. The number of nitrogens with zero attached hydrogens (tertiary/aromatic N) is 1. The first-order valence-electron chi connectivity index (χ1n) is 7.66. The highest BCUT2D eigenvalue weighted by atomic mass is 35.5. The molecule has 0 saturated carbocycles. The second-order valence-electron chi connectivity index (χ2n) is 5.25. The number of rotatable bonds is 8. The molecular formula is C17H19ClN2O4S. The SMILES string of the molecule is COCCNC(=O)[C@H](C)OC(=O)Cc1csc(-c2cccc(Cl)c2)n1. The van der Waals surface area contributed by atoms with Crippen molar-refractivity contribution in [3.8, 4) is 10.6 Å². The summed E-state index contributed by atoms with van der Waals surface area (Å²) in [7, 11) is 1.54. The Morgan fingerprint density at radius 1 is 1.40 bits per heavy atom. The average molecular weight is 383 g/mol. The Balaban J connectivity index is 1.88. The normalized spacial score (nSPS) is 11.8. The van der Waals surface area contributed by atoms with Crippen LogP contribution in [-0.2, 0) is 25.5 Å². The van der Waals surface area contributed by atoms with Gasteiger partial charge in [0.15, 0.2) is 6.10 Å². The van der Waals surface area contributed by atoms with Crippen LogP contribution in [0.3, 0.4) is 0 Å². The van der Waals surface area contributed by atoms with Gasteiger partial charge in [-0.05, 0) is 19.1 Å². The lowest BCUT2D eigenvalue weighted by Gasteiger charge is -2.12. The molecule has 1 atom stereocenters. The fourth-order valence-electron chi connectivity index (χ4n) is 2.00. The number of carbonyl (C=O) groups excluding carboxylic acids is 2. The Labute approximate surface area is 155 Å². The van der Waals surface area contributed by atoms with E-state index in [9.17, 15) is 9.59 Å². The number of nitrogens with one attached hydrogen (secondary N) is 1. The number of ether oxygens (including phenoxy) is 2. The van der Waals surface area contributed by atoms with Crippen molar-refractivity contribution in [2.45, 2.75) is 19.4 Å².